The highest BCUT2D eigenvalue weighted by atomic mass is 16.5. The van der Waals surface area contributed by atoms with Gasteiger partial charge in [0.2, 0.25) is 0 Å². The summed E-state index contributed by atoms with van der Waals surface area (Å²) < 4.78 is 5.62. The van der Waals surface area contributed by atoms with Crippen molar-refractivity contribution in [3.05, 3.63) is 11.4 Å². The smallest absolute Gasteiger partial charge is 0.136 e. The van der Waals surface area contributed by atoms with Crippen molar-refractivity contribution < 1.29 is 4.74 Å². The third-order valence-electron chi connectivity index (χ3n) is 4.42. The van der Waals surface area contributed by atoms with Crippen LogP contribution in [0.3, 0.4) is 0 Å². The normalized spacial score (nSPS) is 20.9. The first kappa shape index (κ1) is 12.7. The lowest BCUT2D eigenvalue weighted by molar-refractivity contribution is -0.0601. The Kier molecular flexibility index (Phi) is 3.09. The van der Waals surface area contributed by atoms with Crippen LogP contribution in [0.15, 0.2) is 0 Å². The highest BCUT2D eigenvalue weighted by Gasteiger charge is 2.37. The lowest BCUT2D eigenvalue weighted by Crippen LogP contribution is -2.45. The van der Waals surface area contributed by atoms with E-state index in [1.54, 1.807) is 7.11 Å². The van der Waals surface area contributed by atoms with Gasteiger partial charge in [0.25, 0.3) is 0 Å². The Morgan fingerprint density at radius 2 is 2.11 bits per heavy atom. The van der Waals surface area contributed by atoms with Crippen LogP contribution in [0.2, 0.25) is 0 Å². The predicted molar refractivity (Wildman–Crippen MR) is 75.2 cm³/mol. The molecule has 3 N–H and O–H groups in total. The first-order valence-corrected chi connectivity index (χ1v) is 7.06. The molecule has 0 radical (unpaired) electrons. The summed E-state index contributed by atoms with van der Waals surface area (Å²) in [5.41, 5.74) is 6.91. The van der Waals surface area contributed by atoms with E-state index in [1.807, 2.05) is 6.92 Å². The number of methoxy groups -OCH3 is 1. The second-order valence-electron chi connectivity index (χ2n) is 5.81. The van der Waals surface area contributed by atoms with Gasteiger partial charge in [-0.1, -0.05) is 0 Å². The van der Waals surface area contributed by atoms with Crippen molar-refractivity contribution in [3.63, 3.8) is 0 Å². The molecular weight excluding hydrogens is 240 g/mol. The Morgan fingerprint density at radius 3 is 2.63 bits per heavy atom. The van der Waals surface area contributed by atoms with Crippen LogP contribution < -0.4 is 11.1 Å². The number of hydrogen-bond acceptors (Lipinski definition) is 5. The molecule has 0 spiro atoms. The molecule has 19 heavy (non-hydrogen) atoms. The second-order valence-corrected chi connectivity index (χ2v) is 5.81. The molecule has 2 saturated carbocycles. The van der Waals surface area contributed by atoms with Crippen molar-refractivity contribution in [2.24, 2.45) is 0 Å². The van der Waals surface area contributed by atoms with Crippen molar-refractivity contribution >= 4 is 11.6 Å². The van der Waals surface area contributed by atoms with Crippen molar-refractivity contribution in [2.75, 3.05) is 24.7 Å². The van der Waals surface area contributed by atoms with E-state index in [4.69, 9.17) is 10.5 Å². The summed E-state index contributed by atoms with van der Waals surface area (Å²) in [6.45, 7) is 2.76. The number of nitrogen functional groups attached to an aromatic ring is 1. The molecule has 0 aromatic carbocycles. The lowest BCUT2D eigenvalue weighted by atomic mass is 9.80. The molecule has 5 heteroatoms. The summed E-state index contributed by atoms with van der Waals surface area (Å²) in [7, 11) is 1.79. The summed E-state index contributed by atoms with van der Waals surface area (Å²) in [6, 6.07) is 0. The van der Waals surface area contributed by atoms with E-state index < -0.39 is 0 Å². The van der Waals surface area contributed by atoms with E-state index in [9.17, 15) is 0 Å². The van der Waals surface area contributed by atoms with Gasteiger partial charge in [-0.3, -0.25) is 0 Å². The zero-order valence-electron chi connectivity index (χ0n) is 11.7. The van der Waals surface area contributed by atoms with Gasteiger partial charge in [0.1, 0.15) is 17.5 Å². The molecule has 1 aromatic heterocycles. The number of nitrogens with one attached hydrogen (secondary N) is 1. The Labute approximate surface area is 114 Å². The molecule has 5 nitrogen and oxygen atoms in total. The molecular formula is C14H22N4O. The van der Waals surface area contributed by atoms with E-state index in [2.05, 4.69) is 15.3 Å². The number of hydrogen-bond donors (Lipinski definition) is 2. The molecule has 104 valence electrons. The van der Waals surface area contributed by atoms with Crippen LogP contribution in [0.5, 0.6) is 0 Å². The second kappa shape index (κ2) is 4.63. The summed E-state index contributed by atoms with van der Waals surface area (Å²) in [5.74, 6) is 2.88. The van der Waals surface area contributed by atoms with Gasteiger partial charge in [-0.2, -0.15) is 0 Å². The minimum Gasteiger partial charge on any atom is -0.383 e. The molecule has 0 amide bonds. The quantitative estimate of drug-likeness (QED) is 0.851. The van der Waals surface area contributed by atoms with Crippen LogP contribution in [-0.4, -0.2) is 29.2 Å². The third-order valence-corrected chi connectivity index (χ3v) is 4.42. The number of nitrogens with two attached hydrogens (primary N) is 1. The fourth-order valence-electron chi connectivity index (χ4n) is 2.52. The average Bonchev–Trinajstić information content (AvgIpc) is 3.17. The van der Waals surface area contributed by atoms with Crippen molar-refractivity contribution in [2.45, 2.75) is 50.5 Å². The summed E-state index contributed by atoms with van der Waals surface area (Å²) in [5, 5.41) is 3.41. The van der Waals surface area contributed by atoms with Gasteiger partial charge in [-0.25, -0.2) is 9.97 Å². The number of anilines is 2. The lowest BCUT2D eigenvalue weighted by Gasteiger charge is -2.40. The van der Waals surface area contributed by atoms with Gasteiger partial charge < -0.3 is 15.8 Å². The van der Waals surface area contributed by atoms with Crippen LogP contribution >= 0.6 is 0 Å². The SMILES string of the molecule is COC1(CNc2nc(C3CC3)nc(N)c2C)CCC1. The molecule has 0 atom stereocenters. The maximum absolute atomic E-state index is 5.98. The summed E-state index contributed by atoms with van der Waals surface area (Å²) in [4.78, 5) is 9.02. The summed E-state index contributed by atoms with van der Waals surface area (Å²) in [6.07, 6.45) is 5.85. The minimum absolute atomic E-state index is 0.00804. The molecule has 3 rings (SSSR count). The topological polar surface area (TPSA) is 73.1 Å². The van der Waals surface area contributed by atoms with Gasteiger partial charge in [0.15, 0.2) is 0 Å². The van der Waals surface area contributed by atoms with Crippen molar-refractivity contribution in [1.29, 1.82) is 0 Å². The van der Waals surface area contributed by atoms with Crippen molar-refractivity contribution in [1.82, 2.24) is 9.97 Å². The van der Waals surface area contributed by atoms with Crippen LogP contribution in [0.25, 0.3) is 0 Å². The molecule has 1 heterocycles. The fraction of sp³-hybridized carbons (Fsp3) is 0.714. The molecule has 0 aliphatic heterocycles. The molecule has 2 fully saturated rings. The molecule has 0 saturated heterocycles. The van der Waals surface area contributed by atoms with Gasteiger partial charge in [-0.05, 0) is 39.0 Å². The molecule has 2 aliphatic rings. The van der Waals surface area contributed by atoms with Crippen LogP contribution in [-0.2, 0) is 4.74 Å². The Morgan fingerprint density at radius 1 is 1.37 bits per heavy atom. The molecule has 2 aliphatic carbocycles. The highest BCUT2D eigenvalue weighted by molar-refractivity contribution is 5.55. The minimum atomic E-state index is -0.00804. The zero-order chi connectivity index (χ0) is 13.5. The van der Waals surface area contributed by atoms with Gasteiger partial charge in [0, 0.05) is 25.1 Å². The summed E-state index contributed by atoms with van der Waals surface area (Å²) >= 11 is 0. The Balaban J connectivity index is 1.75. The average molecular weight is 262 g/mol. The largest absolute Gasteiger partial charge is 0.383 e. The van der Waals surface area contributed by atoms with Gasteiger partial charge in [-0.15, -0.1) is 0 Å². The number of aromatic nitrogens is 2. The Bertz CT molecular complexity index is 475. The van der Waals surface area contributed by atoms with E-state index in [0.29, 0.717) is 11.7 Å². The van der Waals surface area contributed by atoms with E-state index in [1.165, 1.54) is 19.3 Å². The first-order valence-electron chi connectivity index (χ1n) is 7.06. The number of rotatable bonds is 5. The third kappa shape index (κ3) is 2.39. The van der Waals surface area contributed by atoms with Gasteiger partial charge in [0.05, 0.1) is 5.60 Å². The predicted octanol–water partition coefficient (Wildman–Crippen LogP) is 2.23. The standard InChI is InChI=1S/C14H22N4O/c1-9-11(15)17-13(10-4-5-10)18-12(9)16-8-14(19-2)6-3-7-14/h10H,3-8H2,1-2H3,(H3,15,16,17,18). The Hall–Kier alpha value is -1.36. The maximum Gasteiger partial charge on any atom is 0.136 e. The maximum atomic E-state index is 5.98. The van der Waals surface area contributed by atoms with Gasteiger partial charge >= 0.3 is 0 Å². The van der Waals surface area contributed by atoms with Crippen LogP contribution in [0, 0.1) is 6.92 Å². The van der Waals surface area contributed by atoms with E-state index in [-0.39, 0.29) is 5.60 Å². The van der Waals surface area contributed by atoms with Crippen molar-refractivity contribution in [3.8, 4) is 0 Å². The van der Waals surface area contributed by atoms with E-state index >= 15 is 0 Å². The fourth-order valence-corrected chi connectivity index (χ4v) is 2.52. The monoisotopic (exact) mass is 262 g/mol. The molecule has 0 bridgehead atoms. The molecule has 0 unspecified atom stereocenters. The number of ether oxygens (including phenoxy) is 1. The number of nitrogens with zero attached hydrogens (tertiary/aromatic N) is 2. The first-order chi connectivity index (χ1) is 9.13. The molecule has 1 aromatic rings. The highest BCUT2D eigenvalue weighted by Crippen LogP contribution is 2.39. The zero-order valence-corrected chi connectivity index (χ0v) is 11.7. The van der Waals surface area contributed by atoms with E-state index in [0.717, 1.165) is 36.6 Å². The van der Waals surface area contributed by atoms with Crippen LogP contribution in [0.4, 0.5) is 11.6 Å². The van der Waals surface area contributed by atoms with Crippen LogP contribution in [0.1, 0.15) is 49.4 Å².